The van der Waals surface area contributed by atoms with Gasteiger partial charge in [0.2, 0.25) is 0 Å². The summed E-state index contributed by atoms with van der Waals surface area (Å²) >= 11 is 2.09. The van der Waals surface area contributed by atoms with Gasteiger partial charge in [-0.3, -0.25) is 0 Å². The summed E-state index contributed by atoms with van der Waals surface area (Å²) in [4.78, 5) is 0. The van der Waals surface area contributed by atoms with Crippen molar-refractivity contribution < 1.29 is 19.5 Å². The molecule has 0 amide bonds. The number of phenols is 1. The predicted octanol–water partition coefficient (Wildman–Crippen LogP) is 4.57. The zero-order valence-electron chi connectivity index (χ0n) is 14.9. The third-order valence-corrected chi connectivity index (χ3v) is 5.01. The lowest BCUT2D eigenvalue weighted by Crippen LogP contribution is -2.31. The number of hydrogen-bond acceptors (Lipinski definition) is 4. The van der Waals surface area contributed by atoms with Crippen LogP contribution in [-0.2, 0) is 4.65 Å². The van der Waals surface area contributed by atoms with Crippen LogP contribution in [0, 0.1) is 3.57 Å². The van der Waals surface area contributed by atoms with Crippen LogP contribution < -0.4 is 4.74 Å². The fourth-order valence-electron chi connectivity index (χ4n) is 2.90. The summed E-state index contributed by atoms with van der Waals surface area (Å²) < 4.78 is 11.6. The molecule has 0 fully saturated rings. The molecule has 0 spiro atoms. The minimum atomic E-state index is -0.736. The number of rotatable bonds is 6. The zero-order valence-corrected chi connectivity index (χ0v) is 17.0. The smallest absolute Gasteiger partial charge is 0.458 e. The lowest BCUT2D eigenvalue weighted by Gasteiger charge is -2.27. The van der Waals surface area contributed by atoms with Gasteiger partial charge in [0.25, 0.3) is 0 Å². The van der Waals surface area contributed by atoms with E-state index in [9.17, 15) is 10.1 Å². The van der Waals surface area contributed by atoms with Gasteiger partial charge in [-0.25, -0.2) is 0 Å². The van der Waals surface area contributed by atoms with Crippen molar-refractivity contribution in [1.82, 2.24) is 0 Å². The van der Waals surface area contributed by atoms with Gasteiger partial charge >= 0.3 is 7.12 Å². The molecule has 1 aliphatic heterocycles. The third-order valence-electron chi connectivity index (χ3n) is 4.19. The molecule has 1 aromatic carbocycles. The summed E-state index contributed by atoms with van der Waals surface area (Å²) in [5.41, 5.74) is 4.24. The lowest BCUT2D eigenvalue weighted by atomic mass is 9.78. The van der Waals surface area contributed by atoms with Crippen LogP contribution in [0.2, 0.25) is 6.32 Å². The SMILES string of the molecule is C=C(C)C1=CCB(O)OC1CC/C(C)=C/c1cc(I)c(O)c(OC)c1. The first kappa shape index (κ1) is 20.1. The van der Waals surface area contributed by atoms with Crippen molar-refractivity contribution in [1.29, 1.82) is 0 Å². The van der Waals surface area contributed by atoms with Crippen molar-refractivity contribution in [3.8, 4) is 11.5 Å². The minimum Gasteiger partial charge on any atom is -0.504 e. The Labute approximate surface area is 163 Å². The number of benzene rings is 1. The first-order valence-corrected chi connectivity index (χ1v) is 9.32. The van der Waals surface area contributed by atoms with Crippen LogP contribution in [0.3, 0.4) is 0 Å². The molecule has 4 nitrogen and oxygen atoms in total. The van der Waals surface area contributed by atoms with E-state index >= 15 is 0 Å². The lowest BCUT2D eigenvalue weighted by molar-refractivity contribution is 0.183. The Morgan fingerprint density at radius 2 is 2.20 bits per heavy atom. The number of aromatic hydroxyl groups is 1. The second kappa shape index (κ2) is 8.92. The molecule has 1 aliphatic rings. The molecular weight excluding hydrogens is 430 g/mol. The van der Waals surface area contributed by atoms with E-state index in [2.05, 4.69) is 42.2 Å². The van der Waals surface area contributed by atoms with Gasteiger partial charge in [0.1, 0.15) is 0 Å². The number of phenolic OH excluding ortho intramolecular Hbond substituents is 1. The Kier molecular flexibility index (Phi) is 7.16. The van der Waals surface area contributed by atoms with Crippen molar-refractivity contribution in [2.75, 3.05) is 7.11 Å². The van der Waals surface area contributed by atoms with Gasteiger partial charge in [0.05, 0.1) is 16.8 Å². The van der Waals surface area contributed by atoms with Gasteiger partial charge in [0.15, 0.2) is 11.5 Å². The van der Waals surface area contributed by atoms with E-state index < -0.39 is 7.12 Å². The Bertz CT molecular complexity index is 712. The highest BCUT2D eigenvalue weighted by molar-refractivity contribution is 14.1. The zero-order chi connectivity index (χ0) is 18.6. The molecule has 0 aliphatic carbocycles. The highest BCUT2D eigenvalue weighted by Gasteiger charge is 2.26. The molecule has 2 N–H and O–H groups in total. The van der Waals surface area contributed by atoms with Gasteiger partial charge in [-0.05, 0) is 72.5 Å². The Balaban J connectivity index is 2.09. The highest BCUT2D eigenvalue weighted by atomic mass is 127. The van der Waals surface area contributed by atoms with E-state index in [4.69, 9.17) is 9.39 Å². The highest BCUT2D eigenvalue weighted by Crippen LogP contribution is 2.33. The second-order valence-electron chi connectivity index (χ2n) is 6.34. The molecule has 2 rings (SSSR count). The number of hydrogen-bond donors (Lipinski definition) is 2. The molecule has 1 heterocycles. The molecule has 1 atom stereocenters. The molecule has 134 valence electrons. The van der Waals surface area contributed by atoms with Gasteiger partial charge in [-0.2, -0.15) is 0 Å². The average molecular weight is 454 g/mol. The molecule has 25 heavy (non-hydrogen) atoms. The Morgan fingerprint density at radius 1 is 1.48 bits per heavy atom. The summed E-state index contributed by atoms with van der Waals surface area (Å²) in [6.45, 7) is 8.03. The third kappa shape index (κ3) is 5.36. The quantitative estimate of drug-likeness (QED) is 0.489. The largest absolute Gasteiger partial charge is 0.504 e. The van der Waals surface area contributed by atoms with Crippen molar-refractivity contribution in [2.45, 2.75) is 39.1 Å². The normalized spacial score (nSPS) is 18.1. The Morgan fingerprint density at radius 3 is 2.84 bits per heavy atom. The maximum atomic E-state index is 9.93. The van der Waals surface area contributed by atoms with Gasteiger partial charge in [0, 0.05) is 6.32 Å². The van der Waals surface area contributed by atoms with Crippen LogP contribution in [-0.4, -0.2) is 30.5 Å². The number of allylic oxidation sites excluding steroid dienone is 2. The van der Waals surface area contributed by atoms with E-state index in [1.165, 1.54) is 5.57 Å². The molecular formula is C19H24BIO4. The molecule has 1 aromatic rings. The Hall–Kier alpha value is -1.25. The molecule has 1 unspecified atom stereocenters. The van der Waals surface area contributed by atoms with Crippen LogP contribution in [0.5, 0.6) is 11.5 Å². The van der Waals surface area contributed by atoms with E-state index in [0.717, 1.165) is 33.1 Å². The monoisotopic (exact) mass is 454 g/mol. The van der Waals surface area contributed by atoms with Crippen molar-refractivity contribution in [2.24, 2.45) is 0 Å². The molecule has 0 aromatic heterocycles. The first-order valence-electron chi connectivity index (χ1n) is 8.25. The topological polar surface area (TPSA) is 58.9 Å². The molecule has 0 saturated carbocycles. The van der Waals surface area contributed by atoms with Gasteiger partial charge in [-0.15, -0.1) is 0 Å². The fourth-order valence-corrected chi connectivity index (χ4v) is 3.52. The number of methoxy groups -OCH3 is 1. The van der Waals surface area contributed by atoms with E-state index in [1.807, 2.05) is 25.1 Å². The first-order chi connectivity index (χ1) is 11.8. The molecule has 0 radical (unpaired) electrons. The summed E-state index contributed by atoms with van der Waals surface area (Å²) in [6, 6.07) is 3.74. The van der Waals surface area contributed by atoms with Gasteiger partial charge in [-0.1, -0.05) is 29.9 Å². The van der Waals surface area contributed by atoms with E-state index in [0.29, 0.717) is 12.1 Å². The summed E-state index contributed by atoms with van der Waals surface area (Å²) in [5, 5.41) is 19.7. The minimum absolute atomic E-state index is 0.126. The van der Waals surface area contributed by atoms with Crippen LogP contribution in [0.1, 0.15) is 32.3 Å². The molecule has 0 saturated heterocycles. The van der Waals surface area contributed by atoms with Crippen molar-refractivity contribution >= 4 is 35.8 Å². The van der Waals surface area contributed by atoms with E-state index in [-0.39, 0.29) is 11.9 Å². The number of ether oxygens (including phenoxy) is 1. The van der Waals surface area contributed by atoms with Crippen molar-refractivity contribution in [3.05, 3.63) is 50.6 Å². The van der Waals surface area contributed by atoms with Crippen LogP contribution in [0.15, 0.2) is 41.5 Å². The summed E-state index contributed by atoms with van der Waals surface area (Å²) in [5.74, 6) is 0.635. The predicted molar refractivity (Wildman–Crippen MR) is 111 cm³/mol. The maximum absolute atomic E-state index is 9.93. The summed E-state index contributed by atoms with van der Waals surface area (Å²) in [6.07, 6.45) is 6.10. The van der Waals surface area contributed by atoms with Gasteiger partial charge < -0.3 is 19.5 Å². The summed E-state index contributed by atoms with van der Waals surface area (Å²) in [7, 11) is 0.809. The maximum Gasteiger partial charge on any atom is 0.458 e. The second-order valence-corrected chi connectivity index (χ2v) is 7.50. The number of halogens is 1. The van der Waals surface area contributed by atoms with E-state index in [1.54, 1.807) is 7.11 Å². The fraction of sp³-hybridized carbons (Fsp3) is 0.368. The molecule has 6 heteroatoms. The standard InChI is InChI=1S/C19H24BIO4/c1-12(2)15-7-8-20(23)25-17(15)6-5-13(3)9-14-10-16(21)19(22)18(11-14)24-4/h7,9-11,17,22-23H,1,5-6,8H2,2-4H3/b13-9+. The van der Waals surface area contributed by atoms with Crippen LogP contribution >= 0.6 is 22.6 Å². The van der Waals surface area contributed by atoms with Crippen LogP contribution in [0.4, 0.5) is 0 Å². The van der Waals surface area contributed by atoms with Crippen molar-refractivity contribution in [3.63, 3.8) is 0 Å². The molecule has 0 bridgehead atoms. The van der Waals surface area contributed by atoms with Crippen LogP contribution in [0.25, 0.3) is 6.08 Å². The average Bonchev–Trinajstić information content (AvgIpc) is 2.55.